The van der Waals surface area contributed by atoms with Gasteiger partial charge in [0.05, 0.1) is 6.26 Å². The van der Waals surface area contributed by atoms with Crippen molar-refractivity contribution < 1.29 is 14.0 Å². The van der Waals surface area contributed by atoms with Crippen LogP contribution in [0, 0.1) is 6.92 Å². The molecule has 7 heteroatoms. The highest BCUT2D eigenvalue weighted by Crippen LogP contribution is 2.07. The molecule has 1 heterocycles. The zero-order valence-electron chi connectivity index (χ0n) is 10.9. The fourth-order valence-corrected chi connectivity index (χ4v) is 1.42. The minimum absolute atomic E-state index is 0. The van der Waals surface area contributed by atoms with Gasteiger partial charge in [-0.3, -0.25) is 9.59 Å². The number of nitrogens with one attached hydrogen (secondary N) is 2. The molecule has 0 unspecified atom stereocenters. The molecule has 0 aliphatic heterocycles. The highest BCUT2D eigenvalue weighted by molar-refractivity contribution is 5.92. The molecular weight excluding hydrogens is 270 g/mol. The second kappa shape index (κ2) is 9.41. The van der Waals surface area contributed by atoms with E-state index in [4.69, 9.17) is 10.2 Å². The van der Waals surface area contributed by atoms with Crippen molar-refractivity contribution >= 4 is 24.2 Å². The monoisotopic (exact) mass is 289 g/mol. The number of hydrogen-bond acceptors (Lipinski definition) is 4. The van der Waals surface area contributed by atoms with Gasteiger partial charge in [-0.1, -0.05) is 0 Å². The molecule has 0 saturated heterocycles. The number of aryl methyl sites for hydroxylation is 1. The summed E-state index contributed by atoms with van der Waals surface area (Å²) < 4.78 is 5.06. The van der Waals surface area contributed by atoms with Gasteiger partial charge in [0, 0.05) is 31.6 Å². The largest absolute Gasteiger partial charge is 0.459 e. The minimum Gasteiger partial charge on any atom is -0.459 e. The summed E-state index contributed by atoms with van der Waals surface area (Å²) in [5, 5.41) is 5.43. The lowest BCUT2D eigenvalue weighted by atomic mass is 10.2. The first-order valence-electron chi connectivity index (χ1n) is 5.94. The molecule has 0 bridgehead atoms. The Hall–Kier alpha value is -1.53. The van der Waals surface area contributed by atoms with Crippen LogP contribution in [0.4, 0.5) is 0 Å². The van der Waals surface area contributed by atoms with Gasteiger partial charge in [-0.05, 0) is 19.4 Å². The van der Waals surface area contributed by atoms with E-state index in [0.717, 1.165) is 5.56 Å². The van der Waals surface area contributed by atoms with Crippen LogP contribution in [0.2, 0.25) is 0 Å². The summed E-state index contributed by atoms with van der Waals surface area (Å²) in [7, 11) is 0. The van der Waals surface area contributed by atoms with Gasteiger partial charge in [-0.15, -0.1) is 12.4 Å². The van der Waals surface area contributed by atoms with Gasteiger partial charge in [-0.25, -0.2) is 0 Å². The number of nitrogens with two attached hydrogens (primary N) is 1. The van der Waals surface area contributed by atoms with E-state index >= 15 is 0 Å². The number of carbonyl (C=O) groups excluding carboxylic acids is 2. The maximum absolute atomic E-state index is 11.6. The normalized spacial score (nSPS) is 9.58. The lowest BCUT2D eigenvalue weighted by Gasteiger charge is -2.05. The number of amides is 2. The Labute approximate surface area is 118 Å². The smallest absolute Gasteiger partial charge is 0.287 e. The average molecular weight is 290 g/mol. The van der Waals surface area contributed by atoms with Gasteiger partial charge in [-0.2, -0.15) is 0 Å². The summed E-state index contributed by atoms with van der Waals surface area (Å²) in [5.41, 5.74) is 6.05. The Morgan fingerprint density at radius 1 is 1.32 bits per heavy atom. The van der Waals surface area contributed by atoms with Crippen molar-refractivity contribution in [2.24, 2.45) is 5.73 Å². The van der Waals surface area contributed by atoms with E-state index < -0.39 is 0 Å². The average Bonchev–Trinajstić information content (AvgIpc) is 2.75. The summed E-state index contributed by atoms with van der Waals surface area (Å²) in [6.45, 7) is 3.17. The van der Waals surface area contributed by atoms with Gasteiger partial charge in [0.25, 0.3) is 5.91 Å². The third-order valence-electron chi connectivity index (χ3n) is 2.40. The number of hydrogen-bond donors (Lipinski definition) is 3. The molecule has 0 atom stereocenters. The van der Waals surface area contributed by atoms with Crippen molar-refractivity contribution in [2.75, 3.05) is 19.6 Å². The van der Waals surface area contributed by atoms with E-state index in [1.807, 2.05) is 6.92 Å². The fourth-order valence-electron chi connectivity index (χ4n) is 1.42. The summed E-state index contributed by atoms with van der Waals surface area (Å²) in [6, 6.07) is 1.74. The highest BCUT2D eigenvalue weighted by Gasteiger charge is 2.11. The lowest BCUT2D eigenvalue weighted by Crippen LogP contribution is -2.30. The predicted molar refractivity (Wildman–Crippen MR) is 74.3 cm³/mol. The van der Waals surface area contributed by atoms with E-state index in [-0.39, 0.29) is 24.2 Å². The Morgan fingerprint density at radius 2 is 2.00 bits per heavy atom. The topological polar surface area (TPSA) is 97.4 Å². The molecule has 0 spiro atoms. The van der Waals surface area contributed by atoms with E-state index in [0.29, 0.717) is 38.2 Å². The van der Waals surface area contributed by atoms with Gasteiger partial charge in [0.1, 0.15) is 0 Å². The first-order chi connectivity index (χ1) is 8.65. The summed E-state index contributed by atoms with van der Waals surface area (Å²) >= 11 is 0. The van der Waals surface area contributed by atoms with E-state index in [2.05, 4.69) is 10.6 Å². The molecule has 1 aromatic heterocycles. The summed E-state index contributed by atoms with van der Waals surface area (Å²) in [5.74, 6) is 0.0404. The Kier molecular flexibility index (Phi) is 8.65. The van der Waals surface area contributed by atoms with Crippen LogP contribution in [-0.4, -0.2) is 31.4 Å². The molecule has 108 valence electrons. The lowest BCUT2D eigenvalue weighted by molar-refractivity contribution is -0.120. The highest BCUT2D eigenvalue weighted by atomic mass is 35.5. The summed E-state index contributed by atoms with van der Waals surface area (Å²) in [6.07, 6.45) is 2.48. The van der Waals surface area contributed by atoms with E-state index in [1.54, 1.807) is 6.07 Å². The molecule has 2 amide bonds. The number of rotatable bonds is 7. The molecular formula is C12H20ClN3O3. The fraction of sp³-hybridized carbons (Fsp3) is 0.500. The van der Waals surface area contributed by atoms with Gasteiger partial charge < -0.3 is 20.8 Å². The zero-order valence-corrected chi connectivity index (χ0v) is 11.7. The van der Waals surface area contributed by atoms with Crippen molar-refractivity contribution in [1.29, 1.82) is 0 Å². The van der Waals surface area contributed by atoms with Crippen LogP contribution in [-0.2, 0) is 4.79 Å². The van der Waals surface area contributed by atoms with Crippen LogP contribution in [0.25, 0.3) is 0 Å². The van der Waals surface area contributed by atoms with Crippen LogP contribution >= 0.6 is 12.4 Å². The maximum atomic E-state index is 11.6. The van der Waals surface area contributed by atoms with Crippen molar-refractivity contribution in [3.8, 4) is 0 Å². The molecule has 0 aromatic carbocycles. The van der Waals surface area contributed by atoms with Crippen LogP contribution in [0.1, 0.15) is 29.0 Å². The molecule has 6 nitrogen and oxygen atoms in total. The Balaban J connectivity index is 0.00000324. The molecule has 0 aliphatic carbocycles. The molecule has 19 heavy (non-hydrogen) atoms. The van der Waals surface area contributed by atoms with Gasteiger partial charge in [0.15, 0.2) is 5.76 Å². The predicted octanol–water partition coefficient (Wildman–Crippen LogP) is 0.595. The third kappa shape index (κ3) is 6.26. The van der Waals surface area contributed by atoms with Gasteiger partial charge in [0.2, 0.25) is 5.91 Å². The van der Waals surface area contributed by atoms with Gasteiger partial charge >= 0.3 is 0 Å². The van der Waals surface area contributed by atoms with E-state index in [9.17, 15) is 9.59 Å². The van der Waals surface area contributed by atoms with Crippen molar-refractivity contribution in [3.63, 3.8) is 0 Å². The first-order valence-corrected chi connectivity index (χ1v) is 5.94. The number of carbonyl (C=O) groups is 2. The minimum atomic E-state index is -0.231. The van der Waals surface area contributed by atoms with Crippen LogP contribution < -0.4 is 16.4 Å². The van der Waals surface area contributed by atoms with Crippen molar-refractivity contribution in [1.82, 2.24) is 10.6 Å². The SMILES string of the molecule is Cc1ccoc1C(=O)NCCCNC(=O)CCN.Cl. The third-order valence-corrected chi connectivity index (χ3v) is 2.40. The van der Waals surface area contributed by atoms with Crippen LogP contribution in [0.5, 0.6) is 0 Å². The number of furan rings is 1. The molecule has 1 aromatic rings. The second-order valence-electron chi connectivity index (χ2n) is 3.93. The second-order valence-corrected chi connectivity index (χ2v) is 3.93. The quantitative estimate of drug-likeness (QED) is 0.640. The van der Waals surface area contributed by atoms with Crippen molar-refractivity contribution in [2.45, 2.75) is 19.8 Å². The molecule has 0 radical (unpaired) electrons. The maximum Gasteiger partial charge on any atom is 0.287 e. The first kappa shape index (κ1) is 17.5. The Bertz CT molecular complexity index is 407. The van der Waals surface area contributed by atoms with Crippen molar-refractivity contribution in [3.05, 3.63) is 23.7 Å². The molecule has 0 aliphatic rings. The van der Waals surface area contributed by atoms with Crippen LogP contribution in [0.3, 0.4) is 0 Å². The molecule has 4 N–H and O–H groups in total. The van der Waals surface area contributed by atoms with Crippen LogP contribution in [0.15, 0.2) is 16.7 Å². The Morgan fingerprint density at radius 3 is 2.58 bits per heavy atom. The summed E-state index contributed by atoms with van der Waals surface area (Å²) in [4.78, 5) is 22.7. The van der Waals surface area contributed by atoms with E-state index in [1.165, 1.54) is 6.26 Å². The number of halogens is 1. The zero-order chi connectivity index (χ0) is 13.4. The standard InChI is InChI=1S/C12H19N3O3.ClH/c1-9-4-8-18-11(9)12(17)15-7-2-6-14-10(16)3-5-13;/h4,8H,2-3,5-7,13H2,1H3,(H,14,16)(H,15,17);1H. The molecule has 0 saturated carbocycles. The molecule has 0 fully saturated rings. The molecule has 1 rings (SSSR count).